The lowest BCUT2D eigenvalue weighted by Crippen LogP contribution is -1.97. The minimum atomic E-state index is -0.535. The van der Waals surface area contributed by atoms with Crippen molar-refractivity contribution in [3.05, 3.63) is 58.0 Å². The van der Waals surface area contributed by atoms with E-state index in [9.17, 15) is 5.11 Å². The zero-order valence-electron chi connectivity index (χ0n) is 10.8. The molecule has 2 heterocycles. The lowest BCUT2D eigenvalue weighted by molar-refractivity contribution is 0.143. The third-order valence-electron chi connectivity index (χ3n) is 3.31. The van der Waals surface area contributed by atoms with E-state index in [0.29, 0.717) is 12.2 Å². The van der Waals surface area contributed by atoms with Gasteiger partial charge in [0.05, 0.1) is 0 Å². The van der Waals surface area contributed by atoms with Crippen LogP contribution in [-0.2, 0) is 6.42 Å². The van der Waals surface area contributed by atoms with E-state index in [0.717, 1.165) is 17.4 Å². The van der Waals surface area contributed by atoms with Crippen molar-refractivity contribution in [1.29, 1.82) is 0 Å². The molecule has 19 heavy (non-hydrogen) atoms. The molecule has 3 rings (SSSR count). The first kappa shape index (κ1) is 12.5. The van der Waals surface area contributed by atoms with Gasteiger partial charge >= 0.3 is 0 Å². The van der Waals surface area contributed by atoms with Crippen LogP contribution < -0.4 is 0 Å². The van der Waals surface area contributed by atoms with Crippen LogP contribution in [0.4, 0.5) is 0 Å². The molecule has 0 saturated heterocycles. The topological polar surface area (TPSA) is 33.4 Å². The van der Waals surface area contributed by atoms with E-state index in [4.69, 9.17) is 4.42 Å². The summed E-state index contributed by atoms with van der Waals surface area (Å²) >= 11 is 1.69. The number of aryl methyl sites for hydroxylation is 2. The number of furan rings is 1. The SMILES string of the molecule is Cc1ccc2oc(C(O)CCc3ccsc3)cc2c1. The second-order valence-corrected chi connectivity index (χ2v) is 5.66. The molecule has 2 aromatic heterocycles. The molecule has 0 saturated carbocycles. The molecule has 1 aromatic carbocycles. The first-order chi connectivity index (χ1) is 9.22. The molecule has 0 aliphatic heterocycles. The molecule has 0 aliphatic carbocycles. The molecule has 0 radical (unpaired) electrons. The maximum atomic E-state index is 10.2. The molecule has 0 fully saturated rings. The van der Waals surface area contributed by atoms with Crippen molar-refractivity contribution >= 4 is 22.3 Å². The van der Waals surface area contributed by atoms with Crippen LogP contribution in [0.25, 0.3) is 11.0 Å². The molecule has 1 unspecified atom stereocenters. The van der Waals surface area contributed by atoms with Gasteiger partial charge < -0.3 is 9.52 Å². The van der Waals surface area contributed by atoms with Gasteiger partial charge in [0, 0.05) is 5.39 Å². The highest BCUT2D eigenvalue weighted by atomic mass is 32.1. The predicted molar refractivity (Wildman–Crippen MR) is 78.6 cm³/mol. The fourth-order valence-electron chi connectivity index (χ4n) is 2.23. The van der Waals surface area contributed by atoms with Crippen molar-refractivity contribution in [3.8, 4) is 0 Å². The molecule has 0 amide bonds. The highest BCUT2D eigenvalue weighted by molar-refractivity contribution is 7.07. The van der Waals surface area contributed by atoms with E-state index in [2.05, 4.69) is 29.8 Å². The first-order valence-electron chi connectivity index (χ1n) is 6.41. The number of benzene rings is 1. The van der Waals surface area contributed by atoms with E-state index < -0.39 is 6.10 Å². The third-order valence-corrected chi connectivity index (χ3v) is 4.04. The minimum absolute atomic E-state index is 0.535. The monoisotopic (exact) mass is 272 g/mol. The molecule has 98 valence electrons. The van der Waals surface area contributed by atoms with Gasteiger partial charge in [0.25, 0.3) is 0 Å². The van der Waals surface area contributed by atoms with Crippen molar-refractivity contribution in [2.75, 3.05) is 0 Å². The zero-order valence-corrected chi connectivity index (χ0v) is 11.6. The predicted octanol–water partition coefficient (Wildman–Crippen LogP) is 4.47. The molecule has 1 N–H and O–H groups in total. The summed E-state index contributed by atoms with van der Waals surface area (Å²) in [4.78, 5) is 0. The van der Waals surface area contributed by atoms with Crippen LogP contribution in [-0.4, -0.2) is 5.11 Å². The van der Waals surface area contributed by atoms with E-state index in [1.165, 1.54) is 11.1 Å². The Labute approximate surface area is 116 Å². The maximum absolute atomic E-state index is 10.2. The van der Waals surface area contributed by atoms with Crippen LogP contribution in [0.2, 0.25) is 0 Å². The summed E-state index contributed by atoms with van der Waals surface area (Å²) in [7, 11) is 0. The molecule has 3 heteroatoms. The lowest BCUT2D eigenvalue weighted by Gasteiger charge is -2.05. The first-order valence-corrected chi connectivity index (χ1v) is 7.36. The van der Waals surface area contributed by atoms with Crippen LogP contribution in [0.3, 0.4) is 0 Å². The summed E-state index contributed by atoms with van der Waals surface area (Å²) < 4.78 is 5.71. The molecular weight excluding hydrogens is 256 g/mol. The van der Waals surface area contributed by atoms with Gasteiger partial charge in [-0.3, -0.25) is 0 Å². The Morgan fingerprint density at radius 2 is 2.16 bits per heavy atom. The Morgan fingerprint density at radius 1 is 1.26 bits per heavy atom. The minimum Gasteiger partial charge on any atom is -0.458 e. The number of thiophene rings is 1. The summed E-state index contributed by atoms with van der Waals surface area (Å²) in [6, 6.07) is 10.1. The summed E-state index contributed by atoms with van der Waals surface area (Å²) in [5.74, 6) is 0.663. The van der Waals surface area contributed by atoms with E-state index in [1.54, 1.807) is 11.3 Å². The summed E-state index contributed by atoms with van der Waals surface area (Å²) in [5.41, 5.74) is 3.32. The zero-order chi connectivity index (χ0) is 13.2. The number of aliphatic hydroxyl groups excluding tert-OH is 1. The fraction of sp³-hybridized carbons (Fsp3) is 0.250. The molecule has 1 atom stereocenters. The smallest absolute Gasteiger partial charge is 0.134 e. The Hall–Kier alpha value is -1.58. The van der Waals surface area contributed by atoms with Gasteiger partial charge in [-0.25, -0.2) is 0 Å². The van der Waals surface area contributed by atoms with Crippen molar-refractivity contribution in [2.24, 2.45) is 0 Å². The van der Waals surface area contributed by atoms with Gasteiger partial charge in [-0.15, -0.1) is 0 Å². The van der Waals surface area contributed by atoms with Crippen LogP contribution in [0, 0.1) is 6.92 Å². The summed E-state index contributed by atoms with van der Waals surface area (Å²) in [6.45, 7) is 2.05. The van der Waals surface area contributed by atoms with Crippen LogP contribution in [0.1, 0.15) is 29.4 Å². The van der Waals surface area contributed by atoms with Crippen LogP contribution in [0.15, 0.2) is 45.5 Å². The fourth-order valence-corrected chi connectivity index (χ4v) is 2.93. The van der Waals surface area contributed by atoms with E-state index >= 15 is 0 Å². The Kier molecular flexibility index (Phi) is 3.40. The van der Waals surface area contributed by atoms with Gasteiger partial charge in [0.15, 0.2) is 0 Å². The maximum Gasteiger partial charge on any atom is 0.134 e. The number of hydrogen-bond acceptors (Lipinski definition) is 3. The molecule has 3 aromatic rings. The molecule has 0 spiro atoms. The Bertz CT molecular complexity index is 667. The number of rotatable bonds is 4. The lowest BCUT2D eigenvalue weighted by atomic mass is 10.1. The normalized spacial score (nSPS) is 12.9. The van der Waals surface area contributed by atoms with Gasteiger partial charge in [-0.05, 0) is 60.4 Å². The second-order valence-electron chi connectivity index (χ2n) is 4.88. The van der Waals surface area contributed by atoms with Crippen molar-refractivity contribution < 1.29 is 9.52 Å². The van der Waals surface area contributed by atoms with Crippen LogP contribution >= 0.6 is 11.3 Å². The van der Waals surface area contributed by atoms with Gasteiger partial charge in [-0.1, -0.05) is 11.6 Å². The third kappa shape index (κ3) is 2.72. The van der Waals surface area contributed by atoms with Crippen molar-refractivity contribution in [2.45, 2.75) is 25.9 Å². The summed E-state index contributed by atoms with van der Waals surface area (Å²) in [6.07, 6.45) is 1.03. The summed E-state index contributed by atoms with van der Waals surface area (Å²) in [5, 5.41) is 15.4. The molecular formula is C16H16O2S. The second kappa shape index (κ2) is 5.19. The van der Waals surface area contributed by atoms with E-state index in [1.807, 2.05) is 18.2 Å². The average Bonchev–Trinajstić information content (AvgIpc) is 3.04. The van der Waals surface area contributed by atoms with Gasteiger partial charge in [-0.2, -0.15) is 11.3 Å². The Balaban J connectivity index is 1.75. The largest absolute Gasteiger partial charge is 0.458 e. The van der Waals surface area contributed by atoms with Crippen molar-refractivity contribution in [3.63, 3.8) is 0 Å². The highest BCUT2D eigenvalue weighted by Crippen LogP contribution is 2.27. The van der Waals surface area contributed by atoms with Crippen LogP contribution in [0.5, 0.6) is 0 Å². The van der Waals surface area contributed by atoms with Gasteiger partial charge in [0.1, 0.15) is 17.4 Å². The van der Waals surface area contributed by atoms with E-state index in [-0.39, 0.29) is 0 Å². The number of fused-ring (bicyclic) bond motifs is 1. The number of aliphatic hydroxyl groups is 1. The quantitative estimate of drug-likeness (QED) is 0.760. The molecule has 0 bridgehead atoms. The molecule has 0 aliphatic rings. The average molecular weight is 272 g/mol. The highest BCUT2D eigenvalue weighted by Gasteiger charge is 2.13. The number of hydrogen-bond donors (Lipinski definition) is 1. The Morgan fingerprint density at radius 3 is 2.95 bits per heavy atom. The standard InChI is InChI=1S/C16H16O2S/c1-11-2-5-15-13(8-11)9-16(18-15)14(17)4-3-12-6-7-19-10-12/h2,5-10,14,17H,3-4H2,1H3. The van der Waals surface area contributed by atoms with Gasteiger partial charge in [0.2, 0.25) is 0 Å². The molecule has 2 nitrogen and oxygen atoms in total. The van der Waals surface area contributed by atoms with Crippen molar-refractivity contribution in [1.82, 2.24) is 0 Å².